The van der Waals surface area contributed by atoms with Crippen molar-refractivity contribution in [3.63, 3.8) is 0 Å². The normalized spacial score (nSPS) is 27.6. The molecule has 4 rings (SSSR count). The minimum Gasteiger partial charge on any atom is -0.348 e. The zero-order chi connectivity index (χ0) is 19.2. The Kier molecular flexibility index (Phi) is 4.41. The van der Waals surface area contributed by atoms with Crippen LogP contribution in [0.4, 0.5) is 11.4 Å². The Labute approximate surface area is 157 Å². The van der Waals surface area contributed by atoms with Crippen LogP contribution in [0.25, 0.3) is 0 Å². The summed E-state index contributed by atoms with van der Waals surface area (Å²) in [7, 11) is -3.76. The maximum atomic E-state index is 12.1. The fourth-order valence-corrected chi connectivity index (χ4v) is 5.85. The summed E-state index contributed by atoms with van der Waals surface area (Å²) in [5.74, 6) is -0.941. The molecular formula is C18H21N3O5S. The predicted molar refractivity (Wildman–Crippen MR) is 97.7 cm³/mol. The van der Waals surface area contributed by atoms with Crippen LogP contribution in [0.1, 0.15) is 25.7 Å². The summed E-state index contributed by atoms with van der Waals surface area (Å²) < 4.78 is 24.2. The second-order valence-corrected chi connectivity index (χ2v) is 9.58. The van der Waals surface area contributed by atoms with Gasteiger partial charge >= 0.3 is 11.8 Å². The molecule has 0 aromatic heterocycles. The van der Waals surface area contributed by atoms with E-state index >= 15 is 0 Å². The largest absolute Gasteiger partial charge is 0.348 e. The van der Waals surface area contributed by atoms with Crippen LogP contribution in [0.2, 0.25) is 0 Å². The zero-order valence-corrected chi connectivity index (χ0v) is 15.5. The number of hydrogen-bond acceptors (Lipinski definition) is 5. The van der Waals surface area contributed by atoms with E-state index in [0.29, 0.717) is 18.4 Å². The molecule has 8 nitrogen and oxygen atoms in total. The van der Waals surface area contributed by atoms with Crippen LogP contribution in [-0.2, 0) is 24.2 Å². The summed E-state index contributed by atoms with van der Waals surface area (Å²) in [6.45, 7) is 0.498. The lowest BCUT2D eigenvalue weighted by Gasteiger charge is -2.21. The highest BCUT2D eigenvalue weighted by atomic mass is 32.2. The van der Waals surface area contributed by atoms with E-state index in [2.05, 4.69) is 16.0 Å². The minimum absolute atomic E-state index is 0.0673. The van der Waals surface area contributed by atoms with E-state index in [0.717, 1.165) is 12.3 Å². The number of anilines is 2. The third-order valence-corrected chi connectivity index (χ3v) is 7.44. The van der Waals surface area contributed by atoms with Crippen molar-refractivity contribution < 1.29 is 22.8 Å². The lowest BCUT2D eigenvalue weighted by Crippen LogP contribution is -2.39. The monoisotopic (exact) mass is 391 g/mol. The van der Waals surface area contributed by atoms with Crippen molar-refractivity contribution in [1.29, 1.82) is 0 Å². The molecule has 0 saturated heterocycles. The molecule has 3 N–H and O–H groups in total. The predicted octanol–water partition coefficient (Wildman–Crippen LogP) is 0.903. The second kappa shape index (κ2) is 6.63. The summed E-state index contributed by atoms with van der Waals surface area (Å²) >= 11 is 0. The fraction of sp³-hybridized carbons (Fsp3) is 0.500. The summed E-state index contributed by atoms with van der Waals surface area (Å²) in [5, 5.41) is 7.58. The number of carbonyl (C=O) groups is 3. The van der Waals surface area contributed by atoms with E-state index in [1.165, 1.54) is 37.5 Å². The van der Waals surface area contributed by atoms with E-state index in [9.17, 15) is 22.8 Å². The van der Waals surface area contributed by atoms with E-state index in [1.54, 1.807) is 0 Å². The Hall–Kier alpha value is -2.42. The highest BCUT2D eigenvalue weighted by molar-refractivity contribution is 7.92. The van der Waals surface area contributed by atoms with E-state index in [4.69, 9.17) is 0 Å². The van der Waals surface area contributed by atoms with Crippen LogP contribution in [0.3, 0.4) is 0 Å². The highest BCUT2D eigenvalue weighted by Gasteiger charge is 2.39. The molecule has 2 bridgehead atoms. The molecule has 144 valence electrons. The van der Waals surface area contributed by atoms with Crippen LogP contribution in [0, 0.1) is 17.8 Å². The SMILES string of the molecule is O=C1CS(=O)(=O)c2cc(NC(=O)C(=O)NCC3CC4CCC3C4)ccc2N1. The van der Waals surface area contributed by atoms with Crippen LogP contribution in [0.15, 0.2) is 23.1 Å². The standard InChI is InChI=1S/C18H21N3O5S/c22-16-9-27(25,26)15-7-13(3-4-14(15)21-16)20-18(24)17(23)19-8-12-6-10-1-2-11(12)5-10/h3-4,7,10-12H,1-2,5-6,8-9H2,(H,19,23)(H,20,24)(H,21,22). The lowest BCUT2D eigenvalue weighted by atomic mass is 9.89. The first-order valence-corrected chi connectivity index (χ1v) is 10.7. The molecule has 2 fully saturated rings. The van der Waals surface area contributed by atoms with Gasteiger partial charge in [0.05, 0.1) is 10.6 Å². The van der Waals surface area contributed by atoms with Gasteiger partial charge in [0.25, 0.3) is 0 Å². The van der Waals surface area contributed by atoms with Crippen molar-refractivity contribution in [3.05, 3.63) is 18.2 Å². The molecule has 1 aliphatic heterocycles. The maximum Gasteiger partial charge on any atom is 0.313 e. The average molecular weight is 391 g/mol. The molecule has 1 heterocycles. The molecule has 0 radical (unpaired) electrons. The van der Waals surface area contributed by atoms with Crippen molar-refractivity contribution in [2.24, 2.45) is 17.8 Å². The average Bonchev–Trinajstić information content (AvgIpc) is 3.22. The van der Waals surface area contributed by atoms with Crippen molar-refractivity contribution in [1.82, 2.24) is 5.32 Å². The third kappa shape index (κ3) is 3.55. The van der Waals surface area contributed by atoms with Crippen LogP contribution < -0.4 is 16.0 Å². The van der Waals surface area contributed by atoms with E-state index in [1.807, 2.05) is 0 Å². The fourth-order valence-electron chi connectivity index (χ4n) is 4.52. The molecule has 0 spiro atoms. The molecule has 2 saturated carbocycles. The molecule has 1 aromatic rings. The first kappa shape index (κ1) is 18.0. The van der Waals surface area contributed by atoms with Gasteiger partial charge in [-0.2, -0.15) is 0 Å². The number of benzene rings is 1. The Balaban J connectivity index is 1.38. The van der Waals surface area contributed by atoms with Crippen molar-refractivity contribution in [2.75, 3.05) is 22.9 Å². The molecule has 2 aliphatic carbocycles. The number of rotatable bonds is 3. The summed E-state index contributed by atoms with van der Waals surface area (Å²) in [4.78, 5) is 35.5. The van der Waals surface area contributed by atoms with Crippen LogP contribution in [-0.4, -0.2) is 38.4 Å². The first-order chi connectivity index (χ1) is 12.8. The van der Waals surface area contributed by atoms with Gasteiger partial charge in [-0.3, -0.25) is 14.4 Å². The summed E-state index contributed by atoms with van der Waals surface area (Å²) in [6.07, 6.45) is 4.82. The number of carbonyl (C=O) groups excluding carboxylic acids is 3. The van der Waals surface area contributed by atoms with Crippen LogP contribution >= 0.6 is 0 Å². The summed E-state index contributed by atoms with van der Waals surface area (Å²) in [5.41, 5.74) is 0.360. The Morgan fingerprint density at radius 2 is 1.96 bits per heavy atom. The van der Waals surface area contributed by atoms with E-state index < -0.39 is 33.3 Å². The zero-order valence-electron chi connectivity index (χ0n) is 14.7. The molecule has 3 aliphatic rings. The van der Waals surface area contributed by atoms with Gasteiger partial charge in [0, 0.05) is 12.2 Å². The number of hydrogen-bond donors (Lipinski definition) is 3. The second-order valence-electron chi connectivity index (χ2n) is 7.62. The van der Waals surface area contributed by atoms with Gasteiger partial charge in [-0.1, -0.05) is 6.42 Å². The Morgan fingerprint density at radius 1 is 1.15 bits per heavy atom. The molecular weight excluding hydrogens is 370 g/mol. The molecule has 27 heavy (non-hydrogen) atoms. The molecule has 3 atom stereocenters. The number of sulfone groups is 1. The highest BCUT2D eigenvalue weighted by Crippen LogP contribution is 2.47. The Morgan fingerprint density at radius 3 is 2.67 bits per heavy atom. The lowest BCUT2D eigenvalue weighted by molar-refractivity contribution is -0.136. The molecule has 3 unspecified atom stereocenters. The smallest absolute Gasteiger partial charge is 0.313 e. The van der Waals surface area contributed by atoms with Gasteiger partial charge in [0.1, 0.15) is 5.75 Å². The third-order valence-electron chi connectivity index (χ3n) is 5.79. The topological polar surface area (TPSA) is 121 Å². The van der Waals surface area contributed by atoms with Crippen LogP contribution in [0.5, 0.6) is 0 Å². The quantitative estimate of drug-likeness (QED) is 0.661. The van der Waals surface area contributed by atoms with Gasteiger partial charge in [0.2, 0.25) is 5.91 Å². The van der Waals surface area contributed by atoms with Gasteiger partial charge in [-0.05, 0) is 55.2 Å². The van der Waals surface area contributed by atoms with Crippen molar-refractivity contribution in [3.8, 4) is 0 Å². The summed E-state index contributed by atoms with van der Waals surface area (Å²) in [6, 6.07) is 4.10. The van der Waals surface area contributed by atoms with Gasteiger partial charge in [0.15, 0.2) is 9.84 Å². The number of amides is 3. The molecule has 9 heteroatoms. The van der Waals surface area contributed by atoms with Gasteiger partial charge in [-0.15, -0.1) is 0 Å². The van der Waals surface area contributed by atoms with Gasteiger partial charge in [-0.25, -0.2) is 8.42 Å². The van der Waals surface area contributed by atoms with Crippen molar-refractivity contribution >= 4 is 38.9 Å². The molecule has 3 amide bonds. The van der Waals surface area contributed by atoms with Gasteiger partial charge < -0.3 is 16.0 Å². The van der Waals surface area contributed by atoms with Crippen molar-refractivity contribution in [2.45, 2.75) is 30.6 Å². The molecule has 1 aromatic carbocycles. The van der Waals surface area contributed by atoms with E-state index in [-0.39, 0.29) is 16.3 Å². The Bertz CT molecular complexity index is 927. The first-order valence-electron chi connectivity index (χ1n) is 9.07. The minimum atomic E-state index is -3.76. The maximum absolute atomic E-state index is 12.1. The number of nitrogens with one attached hydrogen (secondary N) is 3. The number of fused-ring (bicyclic) bond motifs is 3.